The summed E-state index contributed by atoms with van der Waals surface area (Å²) in [6.07, 6.45) is 4.04. The van der Waals surface area contributed by atoms with E-state index in [1.165, 1.54) is 12.4 Å². The summed E-state index contributed by atoms with van der Waals surface area (Å²) in [6.45, 7) is 6.06. The van der Waals surface area contributed by atoms with Crippen LogP contribution < -0.4 is 16.2 Å². The summed E-state index contributed by atoms with van der Waals surface area (Å²) in [4.78, 5) is 15.9. The standard InChI is InChI=1S/C18H25N3O3/c1-18(2,3)24-17(22)11-21-14(10-19)8-12-6-7-23-16-5-4-13(20)9-15(12)16/h4-5,9-12H,6-8,19-20H2,1-3H3/b14-10-,21-11+. The molecule has 0 saturated carbocycles. The van der Waals surface area contributed by atoms with Crippen molar-refractivity contribution in [2.24, 2.45) is 10.7 Å². The molecule has 0 amide bonds. The number of carbonyl (C=O) groups excluding carboxylic acids is 1. The van der Waals surface area contributed by atoms with E-state index in [1.807, 2.05) is 39.0 Å². The van der Waals surface area contributed by atoms with Gasteiger partial charge in [-0.15, -0.1) is 0 Å². The Morgan fingerprint density at radius 3 is 2.88 bits per heavy atom. The molecule has 1 aromatic carbocycles. The molecule has 1 aliphatic heterocycles. The van der Waals surface area contributed by atoms with Crippen molar-refractivity contribution in [2.45, 2.75) is 45.1 Å². The van der Waals surface area contributed by atoms with Crippen LogP contribution in [0.1, 0.15) is 45.1 Å². The van der Waals surface area contributed by atoms with Gasteiger partial charge >= 0.3 is 5.97 Å². The van der Waals surface area contributed by atoms with E-state index in [1.54, 1.807) is 0 Å². The predicted molar refractivity (Wildman–Crippen MR) is 94.9 cm³/mol. The number of aliphatic imine (C=N–C) groups is 1. The zero-order chi connectivity index (χ0) is 17.7. The Morgan fingerprint density at radius 1 is 1.46 bits per heavy atom. The van der Waals surface area contributed by atoms with Gasteiger partial charge < -0.3 is 20.9 Å². The lowest BCUT2D eigenvalue weighted by Crippen LogP contribution is -2.24. The number of nitrogens with two attached hydrogens (primary N) is 2. The predicted octanol–water partition coefficient (Wildman–Crippen LogP) is 2.74. The van der Waals surface area contributed by atoms with Crippen molar-refractivity contribution < 1.29 is 14.3 Å². The minimum atomic E-state index is -0.549. The van der Waals surface area contributed by atoms with E-state index in [0.717, 1.165) is 17.7 Å². The summed E-state index contributed by atoms with van der Waals surface area (Å²) < 4.78 is 10.9. The van der Waals surface area contributed by atoms with Gasteiger partial charge in [-0.2, -0.15) is 0 Å². The van der Waals surface area contributed by atoms with Crippen LogP contribution >= 0.6 is 0 Å². The van der Waals surface area contributed by atoms with Gasteiger partial charge in [0.25, 0.3) is 0 Å². The molecule has 24 heavy (non-hydrogen) atoms. The molecule has 0 spiro atoms. The second-order valence-electron chi connectivity index (χ2n) is 6.79. The number of anilines is 1. The highest BCUT2D eigenvalue weighted by atomic mass is 16.6. The van der Waals surface area contributed by atoms with E-state index in [9.17, 15) is 4.79 Å². The first kappa shape index (κ1) is 17.8. The first-order valence-electron chi connectivity index (χ1n) is 7.98. The van der Waals surface area contributed by atoms with Crippen LogP contribution in [0.2, 0.25) is 0 Å². The maximum absolute atomic E-state index is 11.7. The van der Waals surface area contributed by atoms with Crippen LogP contribution in [-0.2, 0) is 9.53 Å². The number of nitrogens with zero attached hydrogens (tertiary/aromatic N) is 1. The van der Waals surface area contributed by atoms with Gasteiger partial charge in [0.1, 0.15) is 17.6 Å². The molecule has 1 heterocycles. The molecular formula is C18H25N3O3. The van der Waals surface area contributed by atoms with Crippen LogP contribution in [0.5, 0.6) is 5.75 Å². The van der Waals surface area contributed by atoms with Crippen molar-refractivity contribution in [3.05, 3.63) is 35.7 Å². The molecule has 1 unspecified atom stereocenters. The van der Waals surface area contributed by atoms with Gasteiger partial charge in [-0.25, -0.2) is 4.79 Å². The van der Waals surface area contributed by atoms with Crippen LogP contribution in [0.25, 0.3) is 0 Å². The van der Waals surface area contributed by atoms with Crippen molar-refractivity contribution in [3.63, 3.8) is 0 Å². The summed E-state index contributed by atoms with van der Waals surface area (Å²) in [5.41, 5.74) is 13.4. The normalized spacial score (nSPS) is 18.1. The first-order chi connectivity index (χ1) is 11.3. The Labute approximate surface area is 142 Å². The SMILES string of the molecule is CC(C)(C)OC(=O)/C=N/C(=C\N)CC1CCOc2ccc(N)cc21. The quantitative estimate of drug-likeness (QED) is 0.502. The van der Waals surface area contributed by atoms with Crippen LogP contribution in [0.3, 0.4) is 0 Å². The van der Waals surface area contributed by atoms with Crippen LogP contribution in [0.15, 0.2) is 35.1 Å². The maximum atomic E-state index is 11.7. The van der Waals surface area contributed by atoms with E-state index >= 15 is 0 Å². The van der Waals surface area contributed by atoms with Crippen molar-refractivity contribution in [2.75, 3.05) is 12.3 Å². The van der Waals surface area contributed by atoms with Crippen molar-refractivity contribution in [1.82, 2.24) is 0 Å². The fourth-order valence-corrected chi connectivity index (χ4v) is 2.58. The summed E-state index contributed by atoms with van der Waals surface area (Å²) in [5, 5.41) is 0. The summed E-state index contributed by atoms with van der Waals surface area (Å²) in [6, 6.07) is 5.62. The largest absolute Gasteiger partial charge is 0.493 e. The van der Waals surface area contributed by atoms with Crippen molar-refractivity contribution >= 4 is 17.9 Å². The molecule has 2 rings (SSSR count). The van der Waals surface area contributed by atoms with Crippen molar-refractivity contribution in [1.29, 1.82) is 0 Å². The van der Waals surface area contributed by atoms with E-state index < -0.39 is 11.6 Å². The van der Waals surface area contributed by atoms with Crippen LogP contribution in [0.4, 0.5) is 5.69 Å². The minimum Gasteiger partial charge on any atom is -0.493 e. The number of ether oxygens (including phenoxy) is 2. The average Bonchev–Trinajstić information content (AvgIpc) is 2.50. The molecule has 0 saturated heterocycles. The lowest BCUT2D eigenvalue weighted by atomic mass is 9.89. The second kappa shape index (κ2) is 7.38. The molecule has 6 heteroatoms. The molecule has 0 aliphatic carbocycles. The molecule has 130 valence electrons. The van der Waals surface area contributed by atoms with Gasteiger partial charge in [0.15, 0.2) is 0 Å². The molecule has 0 bridgehead atoms. The molecule has 1 aliphatic rings. The van der Waals surface area contributed by atoms with Gasteiger partial charge in [-0.1, -0.05) is 0 Å². The monoisotopic (exact) mass is 331 g/mol. The van der Waals surface area contributed by atoms with Gasteiger partial charge in [0, 0.05) is 11.9 Å². The lowest BCUT2D eigenvalue weighted by molar-refractivity contribution is -0.145. The zero-order valence-corrected chi connectivity index (χ0v) is 14.4. The van der Waals surface area contributed by atoms with Gasteiger partial charge in [-0.05, 0) is 63.3 Å². The fraction of sp³-hybridized carbons (Fsp3) is 0.444. The number of carbonyl (C=O) groups is 1. The molecule has 6 nitrogen and oxygen atoms in total. The third kappa shape index (κ3) is 5.01. The highest BCUT2D eigenvalue weighted by molar-refractivity contribution is 6.23. The average molecular weight is 331 g/mol. The zero-order valence-electron chi connectivity index (χ0n) is 14.4. The molecule has 4 N–H and O–H groups in total. The molecule has 0 fully saturated rings. The number of allylic oxidation sites excluding steroid dienone is 1. The smallest absolute Gasteiger partial charge is 0.349 e. The van der Waals surface area contributed by atoms with Crippen LogP contribution in [0, 0.1) is 0 Å². The number of fused-ring (bicyclic) bond motifs is 1. The lowest BCUT2D eigenvalue weighted by Gasteiger charge is -2.26. The second-order valence-corrected chi connectivity index (χ2v) is 6.79. The van der Waals surface area contributed by atoms with E-state index in [2.05, 4.69) is 4.99 Å². The Hall–Kier alpha value is -2.50. The number of nitrogen functional groups attached to an aromatic ring is 1. The minimum absolute atomic E-state index is 0.197. The van der Waals surface area contributed by atoms with Crippen LogP contribution in [-0.4, -0.2) is 24.4 Å². The summed E-state index contributed by atoms with van der Waals surface area (Å²) in [5.74, 6) is 0.550. The summed E-state index contributed by atoms with van der Waals surface area (Å²) >= 11 is 0. The van der Waals surface area contributed by atoms with Crippen molar-refractivity contribution in [3.8, 4) is 5.75 Å². The van der Waals surface area contributed by atoms with E-state index in [-0.39, 0.29) is 5.92 Å². The Morgan fingerprint density at radius 2 is 2.21 bits per heavy atom. The van der Waals surface area contributed by atoms with E-state index in [0.29, 0.717) is 24.4 Å². The molecule has 0 radical (unpaired) electrons. The number of esters is 1. The highest BCUT2D eigenvalue weighted by Gasteiger charge is 2.23. The van der Waals surface area contributed by atoms with Gasteiger partial charge in [-0.3, -0.25) is 4.99 Å². The van der Waals surface area contributed by atoms with Gasteiger partial charge in [0.05, 0.1) is 12.3 Å². The Balaban J connectivity index is 2.07. The number of hydrogen-bond donors (Lipinski definition) is 2. The molecular weight excluding hydrogens is 306 g/mol. The highest BCUT2D eigenvalue weighted by Crippen LogP contribution is 2.38. The molecule has 1 aromatic rings. The third-order valence-electron chi connectivity index (χ3n) is 3.59. The summed E-state index contributed by atoms with van der Waals surface area (Å²) in [7, 11) is 0. The van der Waals surface area contributed by atoms with E-state index in [4.69, 9.17) is 20.9 Å². The maximum Gasteiger partial charge on any atom is 0.349 e. The fourth-order valence-electron chi connectivity index (χ4n) is 2.58. The number of hydrogen-bond acceptors (Lipinski definition) is 6. The van der Waals surface area contributed by atoms with Gasteiger partial charge in [0.2, 0.25) is 0 Å². The Kier molecular flexibility index (Phi) is 5.49. The molecule has 0 aromatic heterocycles. The number of benzene rings is 1. The topological polar surface area (TPSA) is 99.9 Å². The first-order valence-corrected chi connectivity index (χ1v) is 7.98. The molecule has 1 atom stereocenters. The number of rotatable bonds is 4. The third-order valence-corrected chi connectivity index (χ3v) is 3.59. The Bertz CT molecular complexity index is 660.